The van der Waals surface area contributed by atoms with Crippen LogP contribution in [-0.4, -0.2) is 39.9 Å². The standard InChI is InChI=1S/C72H46N8/c1-9-25-45(26-10-1)53-41-43-55(47-29-13-3-14-30-47)63-61(53)69-76-67-59(51-37-21-7-22-38-51)57(49-33-17-5-18-34-49)65(74-67)73-66-58(50-35-19-6-20-36-50)60(52-39-23-8-24-40-52)68(75-66)77-70-62-54(46-27-11-2-12-28-46)42-44-56(48-31-15-4-16-32-48)64(62)72(79-70)80-71(63)78-69/h1-44H,(H2,73,74,75,76,77,78,79,80). The van der Waals surface area contributed by atoms with E-state index in [-0.39, 0.29) is 0 Å². The third-order valence-corrected chi connectivity index (χ3v) is 15.1. The molecule has 2 N–H and O–H groups in total. The normalized spacial score (nSPS) is 11.9. The SMILES string of the molecule is c1ccc(C2=C(c3ccccc3)c3nc2nc2[nH]c(nc4nc(nc5[nH]c(n3)c3c(-c6ccccc6)ccc(-c6ccccc6)c53)-c3c(-c5ccccc5)ccc(-c5ccccc5)c3-4)c(-c3ccccc3)c2-c2ccccc2)cc1. The summed E-state index contributed by atoms with van der Waals surface area (Å²) >= 11 is 0. The van der Waals surface area contributed by atoms with Crippen molar-refractivity contribution >= 4 is 44.5 Å². The molecule has 8 bridgehead atoms. The molecule has 0 atom stereocenters. The maximum Gasteiger partial charge on any atom is 0.165 e. The maximum absolute atomic E-state index is 5.82. The van der Waals surface area contributed by atoms with Gasteiger partial charge in [0.25, 0.3) is 0 Å². The first-order valence-electron chi connectivity index (χ1n) is 26.8. The molecule has 0 unspecified atom stereocenters. The summed E-state index contributed by atoms with van der Waals surface area (Å²) in [6.07, 6.45) is 0. The number of nitrogens with zero attached hydrogens (tertiary/aromatic N) is 6. The Balaban J connectivity index is 1.20. The van der Waals surface area contributed by atoms with Crippen LogP contribution in [0.2, 0.25) is 0 Å². The highest BCUT2D eigenvalue weighted by Crippen LogP contribution is 2.49. The minimum absolute atomic E-state index is 0.498. The van der Waals surface area contributed by atoms with Gasteiger partial charge in [0.1, 0.15) is 22.6 Å². The molecule has 8 heteroatoms. The maximum atomic E-state index is 5.82. The fourth-order valence-electron chi connectivity index (χ4n) is 11.6. The molecule has 2 aliphatic heterocycles. The van der Waals surface area contributed by atoms with Crippen LogP contribution >= 0.6 is 0 Å². The van der Waals surface area contributed by atoms with Crippen molar-refractivity contribution in [1.29, 1.82) is 0 Å². The average molecular weight is 1020 g/mol. The summed E-state index contributed by atoms with van der Waals surface area (Å²) in [7, 11) is 0. The van der Waals surface area contributed by atoms with Crippen molar-refractivity contribution in [3.63, 3.8) is 0 Å². The smallest absolute Gasteiger partial charge is 0.165 e. The number of fused-ring (bicyclic) bond motifs is 14. The molecular formula is C72H46N8. The van der Waals surface area contributed by atoms with Crippen molar-refractivity contribution < 1.29 is 0 Å². The molecule has 5 heterocycles. The second kappa shape index (κ2) is 19.6. The van der Waals surface area contributed by atoms with E-state index in [2.05, 4.69) is 228 Å². The first-order valence-corrected chi connectivity index (χ1v) is 26.8. The second-order valence-electron chi connectivity index (χ2n) is 19.9. The molecular weight excluding hydrogens is 977 g/mol. The van der Waals surface area contributed by atoms with Crippen LogP contribution < -0.4 is 0 Å². The van der Waals surface area contributed by atoms with Crippen LogP contribution in [0, 0.1) is 0 Å². The Morgan fingerprint density at radius 2 is 0.438 bits per heavy atom. The van der Waals surface area contributed by atoms with Crippen molar-refractivity contribution in [3.05, 3.63) is 290 Å². The zero-order valence-corrected chi connectivity index (χ0v) is 43.1. The van der Waals surface area contributed by atoms with Crippen molar-refractivity contribution in [2.45, 2.75) is 0 Å². The van der Waals surface area contributed by atoms with Gasteiger partial charge >= 0.3 is 0 Å². The third-order valence-electron chi connectivity index (χ3n) is 15.1. The van der Waals surface area contributed by atoms with Crippen LogP contribution in [0.3, 0.4) is 0 Å². The van der Waals surface area contributed by atoms with Gasteiger partial charge in [0.15, 0.2) is 23.3 Å². The first kappa shape index (κ1) is 46.4. The average Bonchev–Trinajstić information content (AvgIpc) is 4.29. The summed E-state index contributed by atoms with van der Waals surface area (Å²) < 4.78 is 0. The molecule has 10 aromatic carbocycles. The lowest BCUT2D eigenvalue weighted by Crippen LogP contribution is -1.93. The van der Waals surface area contributed by atoms with Crippen molar-refractivity contribution in [2.24, 2.45) is 0 Å². The summed E-state index contributed by atoms with van der Waals surface area (Å²) in [6, 6.07) is 92.4. The van der Waals surface area contributed by atoms with Gasteiger partial charge in [-0.05, 0) is 66.8 Å². The van der Waals surface area contributed by atoms with Crippen LogP contribution in [0.1, 0.15) is 22.8 Å². The van der Waals surface area contributed by atoms with E-state index in [9.17, 15) is 0 Å². The van der Waals surface area contributed by atoms with Crippen molar-refractivity contribution in [1.82, 2.24) is 39.9 Å². The van der Waals surface area contributed by atoms with Crippen LogP contribution in [0.15, 0.2) is 267 Å². The first-order chi connectivity index (χ1) is 39.7. The summed E-state index contributed by atoms with van der Waals surface area (Å²) in [5, 5.41) is 1.79. The summed E-state index contributed by atoms with van der Waals surface area (Å²) in [5.74, 6) is 2.01. The molecule has 15 rings (SSSR count). The van der Waals surface area contributed by atoms with Gasteiger partial charge in [-0.25, -0.2) is 29.9 Å². The summed E-state index contributed by atoms with van der Waals surface area (Å²) in [4.78, 5) is 42.0. The molecule has 13 aromatic rings. The van der Waals surface area contributed by atoms with E-state index >= 15 is 0 Å². The van der Waals surface area contributed by atoms with Crippen LogP contribution in [-0.2, 0) is 0 Å². The number of hydrogen-bond donors (Lipinski definition) is 2. The van der Waals surface area contributed by atoms with E-state index in [4.69, 9.17) is 29.9 Å². The second-order valence-corrected chi connectivity index (χ2v) is 19.9. The minimum Gasteiger partial charge on any atom is -0.324 e. The van der Waals surface area contributed by atoms with Gasteiger partial charge in [-0.3, -0.25) is 0 Å². The molecule has 8 nitrogen and oxygen atoms in total. The number of H-pyrrole nitrogens is 2. The molecule has 0 amide bonds. The highest BCUT2D eigenvalue weighted by molar-refractivity contribution is 6.19. The Kier molecular flexibility index (Phi) is 11.3. The van der Waals surface area contributed by atoms with Gasteiger partial charge in [-0.2, -0.15) is 0 Å². The van der Waals surface area contributed by atoms with Gasteiger partial charge in [-0.1, -0.05) is 267 Å². The number of rotatable bonds is 8. The topological polar surface area (TPSA) is 109 Å². The highest BCUT2D eigenvalue weighted by Gasteiger charge is 2.31. The third kappa shape index (κ3) is 8.01. The van der Waals surface area contributed by atoms with Gasteiger partial charge in [0, 0.05) is 44.2 Å². The van der Waals surface area contributed by atoms with Gasteiger partial charge < -0.3 is 9.97 Å². The van der Waals surface area contributed by atoms with Gasteiger partial charge in [-0.15, -0.1) is 0 Å². The Bertz CT molecular complexity index is 4700. The number of nitrogens with one attached hydrogen (secondary N) is 2. The lowest BCUT2D eigenvalue weighted by Gasteiger charge is -2.13. The molecule has 0 aliphatic carbocycles. The van der Waals surface area contributed by atoms with E-state index in [1.807, 2.05) is 48.5 Å². The Morgan fingerprint density at radius 1 is 0.188 bits per heavy atom. The lowest BCUT2D eigenvalue weighted by molar-refractivity contribution is 1.12. The number of aromatic nitrogens is 8. The number of benzene rings is 10. The van der Waals surface area contributed by atoms with E-state index in [0.29, 0.717) is 45.9 Å². The van der Waals surface area contributed by atoms with Crippen LogP contribution in [0.4, 0.5) is 0 Å². The number of aromatic amines is 2. The molecule has 2 aliphatic rings. The molecule has 80 heavy (non-hydrogen) atoms. The van der Waals surface area contributed by atoms with Crippen LogP contribution in [0.25, 0.3) is 134 Å². The van der Waals surface area contributed by atoms with E-state index in [1.54, 1.807) is 0 Å². The van der Waals surface area contributed by atoms with Crippen molar-refractivity contribution in [3.8, 4) is 89.5 Å². The zero-order valence-electron chi connectivity index (χ0n) is 43.1. The van der Waals surface area contributed by atoms with Crippen LogP contribution in [0.5, 0.6) is 0 Å². The molecule has 0 fully saturated rings. The minimum atomic E-state index is 0.498. The predicted molar refractivity (Wildman–Crippen MR) is 325 cm³/mol. The lowest BCUT2D eigenvalue weighted by atomic mass is 9.89. The Morgan fingerprint density at radius 3 is 0.800 bits per heavy atom. The molecule has 0 saturated heterocycles. The quantitative estimate of drug-likeness (QED) is 0.157. The molecule has 374 valence electrons. The predicted octanol–water partition coefficient (Wildman–Crippen LogP) is 17.4. The van der Waals surface area contributed by atoms with E-state index in [1.165, 1.54) is 0 Å². The Hall–Kier alpha value is -11.0. The van der Waals surface area contributed by atoms with Gasteiger partial charge in [0.2, 0.25) is 0 Å². The van der Waals surface area contributed by atoms with E-state index < -0.39 is 0 Å². The summed E-state index contributed by atoms with van der Waals surface area (Å²) in [6.45, 7) is 0. The molecule has 0 spiro atoms. The zero-order chi connectivity index (χ0) is 52.9. The van der Waals surface area contributed by atoms with Crippen molar-refractivity contribution in [2.75, 3.05) is 0 Å². The van der Waals surface area contributed by atoms with E-state index in [0.717, 1.165) is 111 Å². The highest BCUT2D eigenvalue weighted by atomic mass is 15.1. The monoisotopic (exact) mass is 1020 g/mol. The molecule has 0 saturated carbocycles. The Labute approximate surface area is 461 Å². The largest absolute Gasteiger partial charge is 0.324 e. The fourth-order valence-corrected chi connectivity index (χ4v) is 11.6. The van der Waals surface area contributed by atoms with Gasteiger partial charge in [0.05, 0.1) is 0 Å². The number of hydrogen-bond acceptors (Lipinski definition) is 6. The molecule has 3 aromatic heterocycles. The summed E-state index contributed by atoms with van der Waals surface area (Å²) in [5.41, 5.74) is 19.4. The molecule has 0 radical (unpaired) electrons. The fraction of sp³-hybridized carbons (Fsp3) is 0.